The predicted molar refractivity (Wildman–Crippen MR) is 187 cm³/mol. The van der Waals surface area contributed by atoms with Crippen molar-refractivity contribution < 1.29 is 66.7 Å². The van der Waals surface area contributed by atoms with Crippen molar-refractivity contribution in [1.29, 1.82) is 0 Å². The van der Waals surface area contributed by atoms with E-state index in [1.54, 1.807) is 0 Å². The third kappa shape index (κ3) is 17.7. The lowest BCUT2D eigenvalue weighted by atomic mass is 10.0. The number of unbranched alkanes of at least 4 members (excludes halogenated alkanes) is 12. The van der Waals surface area contributed by atoms with Crippen molar-refractivity contribution in [3.8, 4) is 0 Å². The minimum Gasteiger partial charge on any atom is -0.462 e. The van der Waals surface area contributed by atoms with Crippen molar-refractivity contribution in [2.24, 2.45) is 0 Å². The highest BCUT2D eigenvalue weighted by molar-refractivity contribution is 7.60. The van der Waals surface area contributed by atoms with Crippen LogP contribution in [0.1, 0.15) is 129 Å². The smallest absolute Gasteiger partial charge is 0.462 e. The van der Waals surface area contributed by atoms with Gasteiger partial charge in [-0.25, -0.2) is 13.9 Å². The molecule has 0 bridgehead atoms. The molecule has 1 aliphatic heterocycles. The van der Waals surface area contributed by atoms with Crippen molar-refractivity contribution in [3.63, 3.8) is 0 Å². The molecule has 7 N–H and O–H groups in total. The van der Waals surface area contributed by atoms with E-state index in [-0.39, 0.29) is 18.7 Å². The van der Waals surface area contributed by atoms with Gasteiger partial charge in [0.2, 0.25) is 0 Å². The molecule has 3 unspecified atom stereocenters. The van der Waals surface area contributed by atoms with Crippen molar-refractivity contribution in [1.82, 2.24) is 9.55 Å². The zero-order valence-corrected chi connectivity index (χ0v) is 31.8. The van der Waals surface area contributed by atoms with E-state index in [9.17, 15) is 48.4 Å². The highest BCUT2D eigenvalue weighted by Gasteiger charge is 2.51. The summed E-state index contributed by atoms with van der Waals surface area (Å²) in [7, 11) is -11.3. The second kappa shape index (κ2) is 23.5. The molecule has 1 aromatic heterocycles. The molecule has 2 heterocycles. The lowest BCUT2D eigenvalue weighted by molar-refractivity contribution is -0.163. The van der Waals surface area contributed by atoms with Crippen LogP contribution in [0.2, 0.25) is 0 Å². The van der Waals surface area contributed by atoms with Crippen LogP contribution in [0.25, 0.3) is 0 Å². The van der Waals surface area contributed by atoms with E-state index in [4.69, 9.17) is 24.5 Å². The van der Waals surface area contributed by atoms with Crippen LogP contribution in [0.5, 0.6) is 0 Å². The fourth-order valence-corrected chi connectivity index (χ4v) is 7.55. The number of hydrogen-bond acceptors (Lipinski definition) is 14. The van der Waals surface area contributed by atoms with E-state index in [0.29, 0.717) is 12.8 Å². The summed E-state index contributed by atoms with van der Waals surface area (Å²) in [6, 6.07) is 1.21. The molecule has 0 spiro atoms. The van der Waals surface area contributed by atoms with Crippen LogP contribution in [-0.2, 0) is 41.8 Å². The van der Waals surface area contributed by atoms with Gasteiger partial charge in [0.1, 0.15) is 42.9 Å². The second-order valence-electron chi connectivity index (χ2n) is 13.0. The lowest BCUT2D eigenvalue weighted by Crippen LogP contribution is -2.43. The monoisotopic (exact) mass is 785 g/mol. The summed E-state index contributed by atoms with van der Waals surface area (Å²) in [6.07, 6.45) is 3.26. The number of carbonyl (C=O) groups is 2. The molecule has 18 nitrogen and oxygen atoms in total. The Bertz CT molecular complexity index is 1380. The number of hydrogen-bond donors (Lipinski definition) is 6. The van der Waals surface area contributed by atoms with Gasteiger partial charge >= 0.3 is 33.3 Å². The number of carbonyl (C=O) groups excluding carboxylic acids is 2. The predicted octanol–water partition coefficient (Wildman–Crippen LogP) is 4.17. The molecule has 1 aliphatic rings. The van der Waals surface area contributed by atoms with E-state index in [1.165, 1.54) is 6.07 Å². The Balaban J connectivity index is 2.26. The first kappa shape index (κ1) is 45.9. The van der Waals surface area contributed by atoms with E-state index in [0.717, 1.165) is 87.8 Å². The van der Waals surface area contributed by atoms with Crippen LogP contribution < -0.4 is 11.4 Å². The summed E-state index contributed by atoms with van der Waals surface area (Å²) in [5.41, 5.74) is 4.56. The van der Waals surface area contributed by atoms with Gasteiger partial charge in [0.25, 0.3) is 0 Å². The highest BCUT2D eigenvalue weighted by atomic mass is 31.3. The lowest BCUT2D eigenvalue weighted by Gasteiger charge is -2.30. The normalized spacial score (nSPS) is 21.4. The van der Waals surface area contributed by atoms with E-state index in [1.807, 2.05) is 0 Å². The quantitative estimate of drug-likeness (QED) is 0.0415. The number of nitrogen functional groups attached to an aromatic ring is 1. The summed E-state index contributed by atoms with van der Waals surface area (Å²) in [5.74, 6) is -1.44. The number of phosphoric acid groups is 2. The van der Waals surface area contributed by atoms with Gasteiger partial charge < -0.3 is 44.8 Å². The zero-order chi connectivity index (χ0) is 38.7. The second-order valence-corrected chi connectivity index (χ2v) is 15.8. The van der Waals surface area contributed by atoms with Gasteiger partial charge in [0.05, 0.1) is 0 Å². The number of anilines is 1. The molecule has 1 saturated heterocycles. The van der Waals surface area contributed by atoms with Gasteiger partial charge in [-0.2, -0.15) is 9.29 Å². The maximum Gasteiger partial charge on any atom is 0.481 e. The molecule has 2 rings (SSSR count). The maximum absolute atomic E-state index is 12.9. The molecule has 0 saturated carbocycles. The number of nitrogens with two attached hydrogens (primary N) is 1. The first-order valence-electron chi connectivity index (χ1n) is 18.1. The third-order valence-corrected chi connectivity index (χ3v) is 10.7. The van der Waals surface area contributed by atoms with Crippen molar-refractivity contribution in [3.05, 3.63) is 22.7 Å². The summed E-state index contributed by atoms with van der Waals surface area (Å²) in [6.45, 7) is 3.68. The average molecular weight is 786 g/mol. The molecule has 20 heteroatoms. The summed E-state index contributed by atoms with van der Waals surface area (Å²) >= 11 is 0. The van der Waals surface area contributed by atoms with Gasteiger partial charge in [-0.15, -0.1) is 0 Å². The van der Waals surface area contributed by atoms with Gasteiger partial charge in [-0.05, 0) is 18.9 Å². The number of aromatic nitrogens is 2. The van der Waals surface area contributed by atoms with Gasteiger partial charge in [-0.3, -0.25) is 18.7 Å². The molecule has 0 aromatic carbocycles. The van der Waals surface area contributed by atoms with E-state index < -0.39 is 83.0 Å². The number of aliphatic hydroxyl groups excluding tert-OH is 2. The van der Waals surface area contributed by atoms with Crippen LogP contribution in [0, 0.1) is 0 Å². The van der Waals surface area contributed by atoms with E-state index >= 15 is 0 Å². The molecular weight excluding hydrogens is 728 g/mol. The molecule has 0 radical (unpaired) electrons. The molecule has 1 fully saturated rings. The summed E-state index contributed by atoms with van der Waals surface area (Å²) in [4.78, 5) is 70.3. The summed E-state index contributed by atoms with van der Waals surface area (Å²) < 4.78 is 50.7. The average Bonchev–Trinajstić information content (AvgIpc) is 3.34. The van der Waals surface area contributed by atoms with Crippen LogP contribution in [0.4, 0.5) is 5.82 Å². The van der Waals surface area contributed by atoms with Gasteiger partial charge in [-0.1, -0.05) is 90.9 Å². The number of nitrogens with zero attached hydrogens (tertiary/aromatic N) is 2. The number of phosphoric ester groups is 1. The zero-order valence-electron chi connectivity index (χ0n) is 30.0. The largest absolute Gasteiger partial charge is 0.481 e. The van der Waals surface area contributed by atoms with Crippen LogP contribution in [-0.4, -0.2) is 83.5 Å². The first-order chi connectivity index (χ1) is 24.6. The molecule has 300 valence electrons. The number of ether oxygens (including phenoxy) is 3. The highest BCUT2D eigenvalue weighted by Crippen LogP contribution is 2.59. The number of aliphatic hydroxyl groups is 2. The molecule has 52 heavy (non-hydrogen) atoms. The number of esters is 2. The Morgan fingerprint density at radius 3 is 1.96 bits per heavy atom. The number of rotatable bonds is 27. The molecular formula is C32H57N3O15P2. The standard InChI is InChI=1S/C32H57N3O15P2/c1-3-5-7-9-11-13-15-17-26(36)46-22-23(47-27(37)18-16-14-12-10-8-6-4-2)21-24(49-52(44,45)50-51(41,42)43)30-28(38)29(39)31(48-30)35-20-19-25(33)34-32(35)40/h19-20,23-24,28-31,38-39H,3-18,21-22H2,1-2H3,(H,44,45)(H2,33,34,40)(H2,41,42,43)/t23?,24-,28+,29-,30?,31-/m1/s1. The minimum absolute atomic E-state index is 0.00200. The summed E-state index contributed by atoms with van der Waals surface area (Å²) in [5, 5.41) is 21.8. The van der Waals surface area contributed by atoms with Crippen LogP contribution >= 0.6 is 15.6 Å². The maximum atomic E-state index is 12.9. The Hall–Kier alpha value is -2.24. The molecule has 0 amide bonds. The topological polar surface area (TPSA) is 276 Å². The Labute approximate surface area is 304 Å². The van der Waals surface area contributed by atoms with Gasteiger partial charge in [0.15, 0.2) is 6.23 Å². The van der Waals surface area contributed by atoms with E-state index in [2.05, 4.69) is 23.1 Å². The molecule has 0 aliphatic carbocycles. The fourth-order valence-electron chi connectivity index (χ4n) is 5.77. The van der Waals surface area contributed by atoms with Crippen molar-refractivity contribution in [2.45, 2.75) is 160 Å². The molecule has 7 atom stereocenters. The SMILES string of the molecule is CCCCCCCCCC(=O)OCC(C[C@@H](OP(=O)(O)OP(=O)(O)O)C1O[C@@H](n2ccc(N)nc2=O)[C@H](O)[C@@H]1O)OC(=O)CCCCCCCCC. The third-order valence-electron chi connectivity index (χ3n) is 8.44. The Morgan fingerprint density at radius 2 is 1.42 bits per heavy atom. The Morgan fingerprint density at radius 1 is 0.885 bits per heavy atom. The van der Waals surface area contributed by atoms with Crippen LogP contribution in [0.3, 0.4) is 0 Å². The first-order valence-corrected chi connectivity index (χ1v) is 21.1. The Kier molecular flexibility index (Phi) is 20.8. The van der Waals surface area contributed by atoms with Crippen molar-refractivity contribution >= 4 is 33.4 Å². The van der Waals surface area contributed by atoms with Crippen molar-refractivity contribution in [2.75, 3.05) is 12.3 Å². The molecule has 1 aromatic rings. The fraction of sp³-hybridized carbons (Fsp3) is 0.812. The van der Waals surface area contributed by atoms with Crippen LogP contribution in [0.15, 0.2) is 17.1 Å². The van der Waals surface area contributed by atoms with Gasteiger partial charge in [0, 0.05) is 25.5 Å². The minimum atomic E-state index is -5.65.